The highest BCUT2D eigenvalue weighted by molar-refractivity contribution is 7.15. The lowest BCUT2D eigenvalue weighted by Crippen LogP contribution is -2.37. The van der Waals surface area contributed by atoms with Crippen LogP contribution in [0, 0.1) is 5.82 Å². The maximum atomic E-state index is 14.6. The van der Waals surface area contributed by atoms with Gasteiger partial charge in [-0.3, -0.25) is 14.4 Å². The van der Waals surface area contributed by atoms with E-state index in [0.29, 0.717) is 30.2 Å². The predicted octanol–water partition coefficient (Wildman–Crippen LogP) is 5.16. The van der Waals surface area contributed by atoms with Crippen LogP contribution in [0.2, 0.25) is 0 Å². The molecule has 0 atom stereocenters. The van der Waals surface area contributed by atoms with Crippen molar-refractivity contribution < 1.29 is 31.6 Å². The lowest BCUT2D eigenvalue weighted by Gasteiger charge is -2.26. The zero-order valence-electron chi connectivity index (χ0n) is 20.6. The highest BCUT2D eigenvalue weighted by Crippen LogP contribution is 2.34. The van der Waals surface area contributed by atoms with Gasteiger partial charge in [-0.2, -0.15) is 13.2 Å². The van der Waals surface area contributed by atoms with Gasteiger partial charge in [-0.25, -0.2) is 14.2 Å². The Morgan fingerprint density at radius 2 is 1.87 bits per heavy atom. The second-order valence-electron chi connectivity index (χ2n) is 8.90. The van der Waals surface area contributed by atoms with Crippen LogP contribution in [0.1, 0.15) is 22.6 Å². The first kappa shape index (κ1) is 27.0. The summed E-state index contributed by atoms with van der Waals surface area (Å²) in [6.45, 7) is 4.12. The van der Waals surface area contributed by atoms with Crippen LogP contribution in [0.15, 0.2) is 51.8 Å². The molecule has 2 aromatic heterocycles. The lowest BCUT2D eigenvalue weighted by molar-refractivity contribution is -0.137. The van der Waals surface area contributed by atoms with Gasteiger partial charge >= 0.3 is 11.9 Å². The third kappa shape index (κ3) is 6.72. The third-order valence-electron chi connectivity index (χ3n) is 6.23. The number of alkyl halides is 3. The van der Waals surface area contributed by atoms with Crippen molar-refractivity contribution in [3.05, 3.63) is 75.0 Å². The molecule has 1 aliphatic heterocycles. The van der Waals surface area contributed by atoms with Gasteiger partial charge in [-0.05, 0) is 43.7 Å². The summed E-state index contributed by atoms with van der Waals surface area (Å²) in [5.74, 6) is -1.22. The standard InChI is InChI=1S/C26H24F4N4O4S/c27-20-14-18(7-8-19(20)23-32-25(35)38-33-23)37-15-22-21(2-1-9-34-10-12-36-13-11-34)31-24(39-22)16-3-5-17(6-4-16)26(28,29)30/h3-8,14H,1-2,9-13,15H2,(H,32,33,35). The van der Waals surface area contributed by atoms with Gasteiger partial charge in [-0.1, -0.05) is 17.3 Å². The van der Waals surface area contributed by atoms with E-state index in [9.17, 15) is 22.4 Å². The van der Waals surface area contributed by atoms with Crippen LogP contribution in [0.3, 0.4) is 0 Å². The average molecular weight is 565 g/mol. The van der Waals surface area contributed by atoms with Crippen molar-refractivity contribution in [3.8, 4) is 27.7 Å². The number of benzene rings is 2. The van der Waals surface area contributed by atoms with Gasteiger partial charge in [0.15, 0.2) is 5.82 Å². The number of nitrogens with one attached hydrogen (secondary N) is 1. The van der Waals surface area contributed by atoms with E-state index in [1.165, 1.54) is 35.6 Å². The van der Waals surface area contributed by atoms with E-state index in [-0.39, 0.29) is 23.7 Å². The molecule has 0 radical (unpaired) electrons. The second-order valence-corrected chi connectivity index (χ2v) is 9.98. The summed E-state index contributed by atoms with van der Waals surface area (Å²) < 4.78 is 69.3. The molecule has 1 saturated heterocycles. The maximum Gasteiger partial charge on any atom is 0.439 e. The number of hydrogen-bond donors (Lipinski definition) is 1. The Balaban J connectivity index is 1.32. The minimum absolute atomic E-state index is 0.0322. The normalized spacial score (nSPS) is 14.6. The minimum atomic E-state index is -4.42. The van der Waals surface area contributed by atoms with Gasteiger partial charge in [0, 0.05) is 24.7 Å². The molecule has 3 heterocycles. The number of aromatic nitrogens is 3. The van der Waals surface area contributed by atoms with E-state index in [1.54, 1.807) is 6.07 Å². The van der Waals surface area contributed by atoms with E-state index < -0.39 is 23.3 Å². The molecule has 206 valence electrons. The van der Waals surface area contributed by atoms with E-state index in [0.717, 1.165) is 48.8 Å². The van der Waals surface area contributed by atoms with Gasteiger partial charge in [0.1, 0.15) is 23.2 Å². The second kappa shape index (κ2) is 11.7. The maximum absolute atomic E-state index is 14.6. The molecule has 1 aliphatic rings. The molecule has 4 aromatic rings. The molecule has 0 aliphatic carbocycles. The van der Waals surface area contributed by atoms with Crippen molar-refractivity contribution in [3.63, 3.8) is 0 Å². The number of morpholine rings is 1. The molecule has 39 heavy (non-hydrogen) atoms. The van der Waals surface area contributed by atoms with Crippen LogP contribution in [-0.4, -0.2) is 52.9 Å². The SMILES string of the molecule is O=c1[nH]c(-c2ccc(OCc3sc(-c4ccc(C(F)(F)F)cc4)nc3CCCN3CCOCC3)cc2F)no1. The Labute approximate surface area is 224 Å². The summed E-state index contributed by atoms with van der Waals surface area (Å²) in [5, 5.41) is 4.07. The van der Waals surface area contributed by atoms with Gasteiger partial charge in [0.2, 0.25) is 0 Å². The Morgan fingerprint density at radius 1 is 1.10 bits per heavy atom. The Kier molecular flexibility index (Phi) is 8.10. The molecule has 1 N–H and O–H groups in total. The molecule has 2 aromatic carbocycles. The van der Waals surface area contributed by atoms with Crippen molar-refractivity contribution >= 4 is 11.3 Å². The van der Waals surface area contributed by atoms with Crippen LogP contribution in [0.5, 0.6) is 5.75 Å². The molecule has 8 nitrogen and oxygen atoms in total. The van der Waals surface area contributed by atoms with Crippen molar-refractivity contribution in [1.29, 1.82) is 0 Å². The van der Waals surface area contributed by atoms with Crippen molar-refractivity contribution in [2.75, 3.05) is 32.8 Å². The van der Waals surface area contributed by atoms with Gasteiger partial charge in [0.05, 0.1) is 34.9 Å². The van der Waals surface area contributed by atoms with E-state index in [2.05, 4.69) is 19.6 Å². The summed E-state index contributed by atoms with van der Waals surface area (Å²) in [4.78, 5) is 21.3. The number of aryl methyl sites for hydroxylation is 1. The van der Waals surface area contributed by atoms with E-state index in [1.807, 2.05) is 0 Å². The van der Waals surface area contributed by atoms with E-state index >= 15 is 0 Å². The fourth-order valence-electron chi connectivity index (χ4n) is 4.18. The highest BCUT2D eigenvalue weighted by atomic mass is 32.1. The molecule has 0 amide bonds. The summed E-state index contributed by atoms with van der Waals surface area (Å²) in [5.41, 5.74) is 0.697. The first-order chi connectivity index (χ1) is 18.8. The molecule has 13 heteroatoms. The lowest BCUT2D eigenvalue weighted by atomic mass is 10.1. The zero-order chi connectivity index (χ0) is 27.4. The van der Waals surface area contributed by atoms with Crippen molar-refractivity contribution in [1.82, 2.24) is 20.0 Å². The van der Waals surface area contributed by atoms with Crippen LogP contribution in [0.25, 0.3) is 22.0 Å². The first-order valence-electron chi connectivity index (χ1n) is 12.2. The molecule has 1 fully saturated rings. The number of ether oxygens (including phenoxy) is 2. The topological polar surface area (TPSA) is 93.5 Å². The van der Waals surface area contributed by atoms with Crippen LogP contribution >= 0.6 is 11.3 Å². The van der Waals surface area contributed by atoms with E-state index in [4.69, 9.17) is 14.5 Å². The third-order valence-corrected chi connectivity index (χ3v) is 7.36. The number of thiazole rings is 1. The van der Waals surface area contributed by atoms with Crippen LogP contribution in [-0.2, 0) is 23.9 Å². The summed E-state index contributed by atoms with van der Waals surface area (Å²) in [7, 11) is 0. The number of halogens is 4. The predicted molar refractivity (Wildman–Crippen MR) is 135 cm³/mol. The summed E-state index contributed by atoms with van der Waals surface area (Å²) >= 11 is 1.33. The number of aromatic amines is 1. The molecule has 0 unspecified atom stereocenters. The van der Waals surface area contributed by atoms with Gasteiger partial charge in [-0.15, -0.1) is 11.3 Å². The first-order valence-corrected chi connectivity index (χ1v) is 13.0. The minimum Gasteiger partial charge on any atom is -0.488 e. The fourth-order valence-corrected chi connectivity index (χ4v) is 5.21. The van der Waals surface area contributed by atoms with Crippen molar-refractivity contribution in [2.24, 2.45) is 0 Å². The van der Waals surface area contributed by atoms with Gasteiger partial charge in [0.25, 0.3) is 0 Å². The van der Waals surface area contributed by atoms with Gasteiger partial charge < -0.3 is 9.47 Å². The highest BCUT2D eigenvalue weighted by Gasteiger charge is 2.30. The molecule has 5 rings (SSSR count). The summed E-state index contributed by atoms with van der Waals surface area (Å²) in [6.07, 6.45) is -2.93. The number of rotatable bonds is 9. The number of H-pyrrole nitrogens is 1. The average Bonchev–Trinajstić information content (AvgIpc) is 3.54. The number of nitrogens with zero attached hydrogens (tertiary/aromatic N) is 3. The van der Waals surface area contributed by atoms with Crippen molar-refractivity contribution in [2.45, 2.75) is 25.6 Å². The molecule has 0 saturated carbocycles. The fraction of sp³-hybridized carbons (Fsp3) is 0.346. The Morgan fingerprint density at radius 3 is 2.54 bits per heavy atom. The molecule has 0 spiro atoms. The quantitative estimate of drug-likeness (QED) is 0.281. The molecule has 0 bridgehead atoms. The van der Waals surface area contributed by atoms with Crippen LogP contribution < -0.4 is 10.5 Å². The monoisotopic (exact) mass is 564 g/mol. The molecular weight excluding hydrogens is 540 g/mol. The van der Waals surface area contributed by atoms with Crippen LogP contribution in [0.4, 0.5) is 17.6 Å². The Bertz CT molecular complexity index is 1460. The Hall–Kier alpha value is -3.55. The zero-order valence-corrected chi connectivity index (χ0v) is 21.4. The largest absolute Gasteiger partial charge is 0.488 e. The number of hydrogen-bond acceptors (Lipinski definition) is 8. The molecular formula is C26H24F4N4O4S. The smallest absolute Gasteiger partial charge is 0.439 e. The summed E-state index contributed by atoms with van der Waals surface area (Å²) in [6, 6.07) is 9.04.